The van der Waals surface area contributed by atoms with Gasteiger partial charge in [0, 0.05) is 22.8 Å². The van der Waals surface area contributed by atoms with Crippen LogP contribution in [-0.2, 0) is 11.3 Å². The molecule has 0 saturated carbocycles. The topological polar surface area (TPSA) is 69.0 Å². The van der Waals surface area contributed by atoms with E-state index in [1.165, 1.54) is 11.8 Å². The van der Waals surface area contributed by atoms with Gasteiger partial charge in [-0.15, -0.1) is 10.2 Å². The van der Waals surface area contributed by atoms with Crippen LogP contribution in [0, 0.1) is 0 Å². The lowest BCUT2D eigenvalue weighted by Crippen LogP contribution is -2.22. The number of thioether (sulfide) groups is 1. The number of carbonyl (C=O) groups is 1. The first kappa shape index (κ1) is 21.5. The van der Waals surface area contributed by atoms with Crippen LogP contribution in [0.1, 0.15) is 13.8 Å². The standard InChI is InChI=1S/C20H20Cl2N4O2S/c1-4-26-18(16-10-5-13(21)11-17(16)22)24-25-20(26)29-12(2)19(27)23-14-6-8-15(28-3)9-7-14/h5-12H,4H2,1-3H3,(H,23,27)/t12-/m0/s1. The number of hydrogen-bond donors (Lipinski definition) is 1. The number of ether oxygens (including phenoxy) is 1. The van der Waals surface area contributed by atoms with E-state index in [0.29, 0.717) is 33.3 Å². The largest absolute Gasteiger partial charge is 0.497 e. The monoisotopic (exact) mass is 450 g/mol. The van der Waals surface area contributed by atoms with Crippen LogP contribution in [0.25, 0.3) is 11.4 Å². The Balaban J connectivity index is 1.75. The fourth-order valence-electron chi connectivity index (χ4n) is 2.66. The van der Waals surface area contributed by atoms with Crippen LogP contribution in [-0.4, -0.2) is 33.0 Å². The van der Waals surface area contributed by atoms with Crippen LogP contribution >= 0.6 is 35.0 Å². The Morgan fingerprint density at radius 1 is 1.21 bits per heavy atom. The van der Waals surface area contributed by atoms with Crippen molar-refractivity contribution in [2.45, 2.75) is 30.8 Å². The van der Waals surface area contributed by atoms with Crippen LogP contribution in [0.3, 0.4) is 0 Å². The Morgan fingerprint density at radius 3 is 2.55 bits per heavy atom. The van der Waals surface area contributed by atoms with Gasteiger partial charge >= 0.3 is 0 Å². The van der Waals surface area contributed by atoms with Crippen LogP contribution in [0.15, 0.2) is 47.6 Å². The molecule has 6 nitrogen and oxygen atoms in total. The molecule has 0 spiro atoms. The van der Waals surface area contributed by atoms with E-state index in [1.807, 2.05) is 24.5 Å². The van der Waals surface area contributed by atoms with E-state index in [9.17, 15) is 4.79 Å². The van der Waals surface area contributed by atoms with Gasteiger partial charge in [-0.2, -0.15) is 0 Å². The molecule has 1 N–H and O–H groups in total. The van der Waals surface area contributed by atoms with Crippen molar-refractivity contribution in [2.75, 3.05) is 12.4 Å². The van der Waals surface area contributed by atoms with Crippen molar-refractivity contribution in [1.82, 2.24) is 14.8 Å². The molecule has 152 valence electrons. The lowest BCUT2D eigenvalue weighted by molar-refractivity contribution is -0.115. The summed E-state index contributed by atoms with van der Waals surface area (Å²) >= 11 is 13.7. The quantitative estimate of drug-likeness (QED) is 0.487. The Morgan fingerprint density at radius 2 is 1.93 bits per heavy atom. The van der Waals surface area contributed by atoms with Gasteiger partial charge in [0.25, 0.3) is 0 Å². The summed E-state index contributed by atoms with van der Waals surface area (Å²) < 4.78 is 7.06. The molecule has 0 unspecified atom stereocenters. The van der Waals surface area contributed by atoms with Gasteiger partial charge in [-0.25, -0.2) is 0 Å². The molecule has 0 bridgehead atoms. The summed E-state index contributed by atoms with van der Waals surface area (Å²) in [6.45, 7) is 4.45. The second kappa shape index (κ2) is 9.52. The molecule has 1 amide bonds. The molecule has 3 aromatic rings. The summed E-state index contributed by atoms with van der Waals surface area (Å²) in [5.41, 5.74) is 1.45. The Kier molecular flexibility index (Phi) is 7.05. The minimum absolute atomic E-state index is 0.128. The second-order valence-electron chi connectivity index (χ2n) is 6.15. The summed E-state index contributed by atoms with van der Waals surface area (Å²) in [7, 11) is 1.60. The zero-order valence-corrected chi connectivity index (χ0v) is 18.5. The fourth-order valence-corrected chi connectivity index (χ4v) is 4.07. The lowest BCUT2D eigenvalue weighted by atomic mass is 10.2. The molecule has 0 aliphatic carbocycles. The highest BCUT2D eigenvalue weighted by Crippen LogP contribution is 2.32. The summed E-state index contributed by atoms with van der Waals surface area (Å²) in [5.74, 6) is 1.24. The van der Waals surface area contributed by atoms with Gasteiger partial charge in [0.05, 0.1) is 17.4 Å². The first-order valence-electron chi connectivity index (χ1n) is 8.93. The number of hydrogen-bond acceptors (Lipinski definition) is 5. The van der Waals surface area contributed by atoms with Gasteiger partial charge in [-0.3, -0.25) is 4.79 Å². The summed E-state index contributed by atoms with van der Waals surface area (Å²) in [4.78, 5) is 12.6. The predicted molar refractivity (Wildman–Crippen MR) is 118 cm³/mol. The molecular formula is C20H20Cl2N4O2S. The number of carbonyl (C=O) groups excluding carboxylic acids is 1. The van der Waals surface area contributed by atoms with Crippen molar-refractivity contribution in [3.8, 4) is 17.1 Å². The smallest absolute Gasteiger partial charge is 0.237 e. The summed E-state index contributed by atoms with van der Waals surface area (Å²) in [5, 5.41) is 12.8. The minimum atomic E-state index is -0.375. The van der Waals surface area contributed by atoms with Gasteiger partial charge in [-0.1, -0.05) is 35.0 Å². The summed E-state index contributed by atoms with van der Waals surface area (Å²) in [6.07, 6.45) is 0. The van der Waals surface area contributed by atoms with E-state index in [1.54, 1.807) is 43.5 Å². The van der Waals surface area contributed by atoms with Crippen LogP contribution in [0.4, 0.5) is 5.69 Å². The zero-order chi connectivity index (χ0) is 21.0. The number of anilines is 1. The van der Waals surface area contributed by atoms with Gasteiger partial charge in [-0.05, 0) is 56.3 Å². The van der Waals surface area contributed by atoms with Gasteiger partial charge in [0.15, 0.2) is 11.0 Å². The molecule has 9 heteroatoms. The van der Waals surface area contributed by atoms with E-state index in [4.69, 9.17) is 27.9 Å². The molecule has 3 rings (SSSR count). The molecule has 0 radical (unpaired) electrons. The van der Waals surface area contributed by atoms with Crippen molar-refractivity contribution in [1.29, 1.82) is 0 Å². The van der Waals surface area contributed by atoms with E-state index < -0.39 is 0 Å². The normalized spacial score (nSPS) is 11.9. The van der Waals surface area contributed by atoms with Gasteiger partial charge in [0.2, 0.25) is 5.91 Å². The molecule has 1 heterocycles. The third-order valence-electron chi connectivity index (χ3n) is 4.21. The Hall–Kier alpha value is -2.22. The Bertz CT molecular complexity index is 1010. The number of halogens is 2. The molecule has 0 aliphatic rings. The van der Waals surface area contributed by atoms with Crippen molar-refractivity contribution in [3.05, 3.63) is 52.5 Å². The lowest BCUT2D eigenvalue weighted by Gasteiger charge is -2.13. The highest BCUT2D eigenvalue weighted by Gasteiger charge is 2.21. The molecule has 2 aromatic carbocycles. The van der Waals surface area contributed by atoms with Crippen LogP contribution in [0.5, 0.6) is 5.75 Å². The third-order valence-corrected chi connectivity index (χ3v) is 5.84. The molecule has 1 aromatic heterocycles. The molecule has 29 heavy (non-hydrogen) atoms. The number of aromatic nitrogens is 3. The molecule has 1 atom stereocenters. The number of amides is 1. The first-order valence-corrected chi connectivity index (χ1v) is 10.6. The van der Waals surface area contributed by atoms with E-state index in [2.05, 4.69) is 15.5 Å². The molecule has 0 fully saturated rings. The molecule has 0 aliphatic heterocycles. The number of nitrogens with one attached hydrogen (secondary N) is 1. The van der Waals surface area contributed by atoms with E-state index in [-0.39, 0.29) is 11.2 Å². The van der Waals surface area contributed by atoms with E-state index >= 15 is 0 Å². The average Bonchev–Trinajstić information content (AvgIpc) is 3.10. The number of rotatable bonds is 7. The molecule has 0 saturated heterocycles. The number of nitrogens with zero attached hydrogens (tertiary/aromatic N) is 3. The third kappa shape index (κ3) is 5.04. The maximum Gasteiger partial charge on any atom is 0.237 e. The average molecular weight is 451 g/mol. The summed E-state index contributed by atoms with van der Waals surface area (Å²) in [6, 6.07) is 12.4. The predicted octanol–water partition coefficient (Wildman–Crippen LogP) is 5.40. The highest BCUT2D eigenvalue weighted by atomic mass is 35.5. The number of methoxy groups -OCH3 is 1. The van der Waals surface area contributed by atoms with E-state index in [0.717, 1.165) is 11.3 Å². The molecular weight excluding hydrogens is 431 g/mol. The Labute approximate surface area is 183 Å². The van der Waals surface area contributed by atoms with Crippen molar-refractivity contribution in [3.63, 3.8) is 0 Å². The first-order chi connectivity index (χ1) is 13.9. The maximum absolute atomic E-state index is 12.6. The zero-order valence-electron chi connectivity index (χ0n) is 16.1. The second-order valence-corrected chi connectivity index (χ2v) is 8.30. The maximum atomic E-state index is 12.6. The number of benzene rings is 2. The van der Waals surface area contributed by atoms with Gasteiger partial charge < -0.3 is 14.6 Å². The fraction of sp³-hybridized carbons (Fsp3) is 0.250. The van der Waals surface area contributed by atoms with Gasteiger partial charge in [0.1, 0.15) is 5.75 Å². The van der Waals surface area contributed by atoms with Crippen LogP contribution in [0.2, 0.25) is 10.0 Å². The van der Waals surface area contributed by atoms with Crippen molar-refractivity contribution < 1.29 is 9.53 Å². The van der Waals surface area contributed by atoms with Crippen LogP contribution < -0.4 is 10.1 Å². The minimum Gasteiger partial charge on any atom is -0.497 e. The van der Waals surface area contributed by atoms with Crippen molar-refractivity contribution in [2.24, 2.45) is 0 Å². The van der Waals surface area contributed by atoms with Crippen molar-refractivity contribution >= 4 is 46.6 Å². The highest BCUT2D eigenvalue weighted by molar-refractivity contribution is 8.00. The SMILES string of the molecule is CCn1c(S[C@@H](C)C(=O)Nc2ccc(OC)cc2)nnc1-c1ccc(Cl)cc1Cl.